The molecule has 2 aromatic carbocycles. The number of nitro benzene ring substituents is 1. The van der Waals surface area contributed by atoms with Gasteiger partial charge in [-0.15, -0.1) is 0 Å². The molecule has 0 aliphatic heterocycles. The van der Waals surface area contributed by atoms with Crippen molar-refractivity contribution in [3.63, 3.8) is 0 Å². The molecule has 0 saturated carbocycles. The minimum absolute atomic E-state index is 0.0683. The van der Waals surface area contributed by atoms with Crippen LogP contribution in [0, 0.1) is 24.0 Å². The van der Waals surface area contributed by atoms with Gasteiger partial charge in [-0.3, -0.25) is 14.9 Å². The van der Waals surface area contributed by atoms with Crippen LogP contribution < -0.4 is 10.1 Å². The van der Waals surface area contributed by atoms with Gasteiger partial charge in [0.25, 0.3) is 5.91 Å². The van der Waals surface area contributed by atoms with Crippen molar-refractivity contribution in [2.75, 3.05) is 11.9 Å². The minimum atomic E-state index is -0.531. The molecule has 0 unspecified atom stereocenters. The number of rotatable bonds is 5. The molecule has 0 spiro atoms. The number of nitrogens with zero attached hydrogens (tertiary/aromatic N) is 1. The number of nitrogens with one attached hydrogen (secondary N) is 1. The van der Waals surface area contributed by atoms with E-state index in [-0.39, 0.29) is 18.0 Å². The van der Waals surface area contributed by atoms with Gasteiger partial charge in [-0.05, 0) is 59.1 Å². The second-order valence-corrected chi connectivity index (χ2v) is 5.90. The molecule has 2 aromatic rings. The molecule has 1 amide bonds. The Morgan fingerprint density at radius 1 is 1.22 bits per heavy atom. The van der Waals surface area contributed by atoms with Gasteiger partial charge in [0.15, 0.2) is 12.4 Å². The Hall–Kier alpha value is -2.41. The van der Waals surface area contributed by atoms with Crippen LogP contribution in [-0.2, 0) is 4.79 Å². The van der Waals surface area contributed by atoms with Crippen LogP contribution in [0.3, 0.4) is 0 Å². The molecule has 0 aromatic heterocycles. The van der Waals surface area contributed by atoms with Gasteiger partial charge in [0.05, 0.1) is 10.6 Å². The molecule has 0 saturated heterocycles. The molecule has 0 aliphatic rings. The number of amides is 1. The number of nitro groups is 1. The van der Waals surface area contributed by atoms with Crippen molar-refractivity contribution >= 4 is 33.2 Å². The highest BCUT2D eigenvalue weighted by Crippen LogP contribution is 2.28. The quantitative estimate of drug-likeness (QED) is 0.629. The molecule has 0 bridgehead atoms. The Bertz CT molecular complexity index is 762. The summed E-state index contributed by atoms with van der Waals surface area (Å²) < 4.78 is 6.04. The Balaban J connectivity index is 2.03. The van der Waals surface area contributed by atoms with Crippen LogP contribution in [-0.4, -0.2) is 17.4 Å². The van der Waals surface area contributed by atoms with Crippen molar-refractivity contribution < 1.29 is 14.5 Å². The first kappa shape index (κ1) is 17.0. The van der Waals surface area contributed by atoms with E-state index in [1.165, 1.54) is 12.1 Å². The molecule has 120 valence electrons. The summed E-state index contributed by atoms with van der Waals surface area (Å²) in [6, 6.07) is 10.1. The number of aryl methyl sites for hydroxylation is 2. The van der Waals surface area contributed by atoms with Crippen LogP contribution in [0.25, 0.3) is 0 Å². The van der Waals surface area contributed by atoms with Gasteiger partial charge in [0.2, 0.25) is 0 Å². The topological polar surface area (TPSA) is 81.5 Å². The van der Waals surface area contributed by atoms with Gasteiger partial charge in [0, 0.05) is 10.5 Å². The maximum Gasteiger partial charge on any atom is 0.311 e. The first-order valence-corrected chi connectivity index (χ1v) is 7.60. The summed E-state index contributed by atoms with van der Waals surface area (Å²) in [5.74, 6) is -0.330. The maximum absolute atomic E-state index is 11.9. The average molecular weight is 379 g/mol. The number of halogens is 1. The lowest BCUT2D eigenvalue weighted by molar-refractivity contribution is -0.385. The third-order valence-corrected chi connectivity index (χ3v) is 3.72. The molecule has 2 rings (SSSR count). The number of ether oxygens (including phenoxy) is 1. The monoisotopic (exact) mass is 378 g/mol. The molecule has 7 heteroatoms. The molecule has 1 N–H and O–H groups in total. The zero-order valence-corrected chi connectivity index (χ0v) is 14.2. The fourth-order valence-corrected chi connectivity index (χ4v) is 2.54. The Morgan fingerprint density at radius 2 is 1.87 bits per heavy atom. The molecular formula is C16H15BrN2O4. The normalized spacial score (nSPS) is 10.2. The minimum Gasteiger partial charge on any atom is -0.477 e. The van der Waals surface area contributed by atoms with Crippen molar-refractivity contribution in [2.45, 2.75) is 13.8 Å². The Labute approximate surface area is 141 Å². The molecule has 0 fully saturated rings. The fourth-order valence-electron chi connectivity index (χ4n) is 1.94. The van der Waals surface area contributed by atoms with Crippen molar-refractivity contribution in [2.24, 2.45) is 0 Å². The van der Waals surface area contributed by atoms with Crippen LogP contribution >= 0.6 is 15.9 Å². The van der Waals surface area contributed by atoms with Crippen molar-refractivity contribution in [3.05, 3.63) is 62.1 Å². The lowest BCUT2D eigenvalue weighted by Gasteiger charge is -2.10. The predicted octanol–water partition coefficient (Wildman–Crippen LogP) is 3.99. The second-order valence-electron chi connectivity index (χ2n) is 5.05. The first-order chi connectivity index (χ1) is 10.9. The van der Waals surface area contributed by atoms with Gasteiger partial charge >= 0.3 is 5.69 Å². The van der Waals surface area contributed by atoms with Gasteiger partial charge < -0.3 is 10.1 Å². The summed E-state index contributed by atoms with van der Waals surface area (Å²) in [5.41, 5.74) is 2.26. The molecule has 0 atom stereocenters. The van der Waals surface area contributed by atoms with Crippen LogP contribution in [0.4, 0.5) is 11.4 Å². The highest BCUT2D eigenvalue weighted by atomic mass is 79.9. The number of carbonyl (C=O) groups excluding carboxylic acids is 1. The number of benzene rings is 2. The summed E-state index contributed by atoms with van der Waals surface area (Å²) >= 11 is 3.37. The van der Waals surface area contributed by atoms with E-state index in [1.54, 1.807) is 19.1 Å². The zero-order chi connectivity index (χ0) is 17.0. The third-order valence-electron chi connectivity index (χ3n) is 3.07. The van der Waals surface area contributed by atoms with Crippen LogP contribution in [0.1, 0.15) is 11.1 Å². The summed E-state index contributed by atoms with van der Waals surface area (Å²) in [6.07, 6.45) is 0. The van der Waals surface area contributed by atoms with Crippen molar-refractivity contribution in [3.8, 4) is 5.75 Å². The van der Waals surface area contributed by atoms with Crippen molar-refractivity contribution in [1.29, 1.82) is 0 Å². The average Bonchev–Trinajstić information content (AvgIpc) is 2.48. The van der Waals surface area contributed by atoms with Gasteiger partial charge in [0.1, 0.15) is 0 Å². The highest BCUT2D eigenvalue weighted by molar-refractivity contribution is 9.10. The van der Waals surface area contributed by atoms with E-state index in [1.807, 2.05) is 19.1 Å². The summed E-state index contributed by atoms with van der Waals surface area (Å²) in [4.78, 5) is 22.4. The smallest absolute Gasteiger partial charge is 0.311 e. The van der Waals surface area contributed by atoms with E-state index in [9.17, 15) is 14.9 Å². The van der Waals surface area contributed by atoms with E-state index >= 15 is 0 Å². The molecule has 6 nitrogen and oxygen atoms in total. The molecule has 23 heavy (non-hydrogen) atoms. The van der Waals surface area contributed by atoms with E-state index in [2.05, 4.69) is 21.2 Å². The summed E-state index contributed by atoms with van der Waals surface area (Å²) in [5, 5.41) is 13.7. The molecular weight excluding hydrogens is 364 g/mol. The molecule has 0 radical (unpaired) electrons. The van der Waals surface area contributed by atoms with E-state index in [0.717, 1.165) is 15.6 Å². The van der Waals surface area contributed by atoms with Gasteiger partial charge in [-0.2, -0.15) is 0 Å². The van der Waals surface area contributed by atoms with E-state index < -0.39 is 10.8 Å². The van der Waals surface area contributed by atoms with Gasteiger partial charge in [-0.25, -0.2) is 0 Å². The fraction of sp³-hybridized carbons (Fsp3) is 0.188. The molecule has 0 aliphatic carbocycles. The van der Waals surface area contributed by atoms with E-state index in [0.29, 0.717) is 5.69 Å². The maximum atomic E-state index is 11.9. The van der Waals surface area contributed by atoms with Crippen LogP contribution in [0.2, 0.25) is 0 Å². The third kappa shape index (κ3) is 4.53. The van der Waals surface area contributed by atoms with E-state index in [4.69, 9.17) is 4.74 Å². The summed E-state index contributed by atoms with van der Waals surface area (Å²) in [6.45, 7) is 3.37. The Morgan fingerprint density at radius 3 is 2.52 bits per heavy atom. The number of anilines is 1. The highest BCUT2D eigenvalue weighted by Gasteiger charge is 2.16. The standard InChI is InChI=1S/C16H15BrN2O4/c1-10-3-5-13(12(17)7-10)18-16(20)9-23-15-6-4-11(2)8-14(15)19(21)22/h3-8H,9H2,1-2H3,(H,18,20). The second kappa shape index (κ2) is 7.23. The number of hydrogen-bond acceptors (Lipinski definition) is 4. The largest absolute Gasteiger partial charge is 0.477 e. The lowest BCUT2D eigenvalue weighted by atomic mass is 10.2. The SMILES string of the molecule is Cc1ccc(NC(=O)COc2ccc(C)cc2[N+](=O)[O-])c(Br)c1. The van der Waals surface area contributed by atoms with Gasteiger partial charge in [-0.1, -0.05) is 12.1 Å². The number of hydrogen-bond donors (Lipinski definition) is 1. The van der Waals surface area contributed by atoms with Crippen LogP contribution in [0.5, 0.6) is 5.75 Å². The first-order valence-electron chi connectivity index (χ1n) is 6.80. The summed E-state index contributed by atoms with van der Waals surface area (Å²) in [7, 11) is 0. The number of carbonyl (C=O) groups is 1. The van der Waals surface area contributed by atoms with Crippen LogP contribution in [0.15, 0.2) is 40.9 Å². The Kier molecular flexibility index (Phi) is 5.33. The lowest BCUT2D eigenvalue weighted by Crippen LogP contribution is -2.20. The molecule has 0 heterocycles. The predicted molar refractivity (Wildman–Crippen MR) is 90.8 cm³/mol. The van der Waals surface area contributed by atoms with Crippen molar-refractivity contribution in [1.82, 2.24) is 0 Å². The zero-order valence-electron chi connectivity index (χ0n) is 12.6.